The molecule has 0 saturated carbocycles. The minimum Gasteiger partial charge on any atom is -0.497 e. The van der Waals surface area contributed by atoms with Crippen LogP contribution in [0.5, 0.6) is 34.5 Å². The number of rotatable bonds is 10. The Morgan fingerprint density at radius 1 is 0.419 bits per heavy atom. The zero-order valence-electron chi connectivity index (χ0n) is 28.0. The van der Waals surface area contributed by atoms with Crippen LogP contribution in [-0.4, -0.2) is 50.7 Å². The first-order valence-corrected chi connectivity index (χ1v) is 16.6. The van der Waals surface area contributed by atoms with Gasteiger partial charge in [0.25, 0.3) is 0 Å². The van der Waals surface area contributed by atoms with Crippen LogP contribution in [-0.2, 0) is 0 Å². The number of ether oxygens (including phenoxy) is 6. The Morgan fingerprint density at radius 3 is 0.930 bits per heavy atom. The summed E-state index contributed by atoms with van der Waals surface area (Å²) in [4.78, 5) is 0. The Labute approximate surface area is 258 Å². The van der Waals surface area contributed by atoms with Gasteiger partial charge in [0.1, 0.15) is 34.5 Å². The lowest BCUT2D eigenvalue weighted by atomic mass is 10.1. The van der Waals surface area contributed by atoms with Crippen molar-refractivity contribution in [2.75, 3.05) is 42.7 Å². The molecule has 3 aromatic rings. The molecule has 0 N–H and O–H groups in total. The van der Waals surface area contributed by atoms with E-state index in [1.54, 1.807) is 42.7 Å². The summed E-state index contributed by atoms with van der Waals surface area (Å²) >= 11 is 0. The lowest BCUT2D eigenvalue weighted by Gasteiger charge is -2.45. The second-order valence-electron chi connectivity index (χ2n) is 11.4. The molecule has 0 aromatic heterocycles. The molecule has 1 aliphatic carbocycles. The van der Waals surface area contributed by atoms with E-state index in [4.69, 9.17) is 28.4 Å². The van der Waals surface area contributed by atoms with Crippen molar-refractivity contribution in [3.63, 3.8) is 0 Å². The van der Waals surface area contributed by atoms with E-state index in [-0.39, 0.29) is 5.54 Å². The SMILES string of the molecule is COc1cc(C)c([Si](c2c(C)cc(OC)cc2OC)(c2c(C)cc(OC)cc2OC)C2C(C)=C(C)C(C)=C2C)c(OC)c1. The topological polar surface area (TPSA) is 55.4 Å². The summed E-state index contributed by atoms with van der Waals surface area (Å²) in [6.45, 7) is 15.5. The highest BCUT2D eigenvalue weighted by molar-refractivity contribution is 7.15. The van der Waals surface area contributed by atoms with Gasteiger partial charge in [-0.1, -0.05) is 11.1 Å². The number of hydrogen-bond donors (Lipinski definition) is 0. The van der Waals surface area contributed by atoms with E-state index in [2.05, 4.69) is 66.7 Å². The zero-order chi connectivity index (χ0) is 31.8. The summed E-state index contributed by atoms with van der Waals surface area (Å²) in [6, 6.07) is 12.4. The molecule has 6 nitrogen and oxygen atoms in total. The van der Waals surface area contributed by atoms with Crippen LogP contribution in [0, 0.1) is 20.8 Å². The van der Waals surface area contributed by atoms with Gasteiger partial charge in [-0.3, -0.25) is 0 Å². The molecule has 0 saturated heterocycles. The predicted molar refractivity (Wildman–Crippen MR) is 178 cm³/mol. The van der Waals surface area contributed by atoms with Crippen LogP contribution in [0.1, 0.15) is 44.4 Å². The van der Waals surface area contributed by atoms with E-state index in [9.17, 15) is 0 Å². The van der Waals surface area contributed by atoms with Crippen LogP contribution in [0.2, 0.25) is 5.54 Å². The number of hydrogen-bond acceptors (Lipinski definition) is 6. The van der Waals surface area contributed by atoms with Crippen LogP contribution >= 0.6 is 0 Å². The van der Waals surface area contributed by atoms with Gasteiger partial charge in [0.15, 0.2) is 8.07 Å². The van der Waals surface area contributed by atoms with Gasteiger partial charge in [-0.15, -0.1) is 0 Å². The first-order chi connectivity index (χ1) is 20.5. The zero-order valence-corrected chi connectivity index (χ0v) is 29.0. The fourth-order valence-corrected chi connectivity index (χ4v) is 14.4. The first kappa shape index (κ1) is 32.1. The Hall–Kier alpha value is -3.84. The molecular formula is C36H46O6Si. The second-order valence-corrected chi connectivity index (χ2v) is 15.1. The lowest BCUT2D eigenvalue weighted by Crippen LogP contribution is -2.72. The molecule has 0 unspecified atom stereocenters. The van der Waals surface area contributed by atoms with Crippen molar-refractivity contribution in [1.29, 1.82) is 0 Å². The summed E-state index contributed by atoms with van der Waals surface area (Å²) in [5.41, 5.74) is 8.61. The monoisotopic (exact) mass is 602 g/mol. The molecule has 3 aromatic carbocycles. The molecule has 4 rings (SSSR count). The minimum absolute atomic E-state index is 0.0375. The fourth-order valence-electron chi connectivity index (χ4n) is 7.33. The van der Waals surface area contributed by atoms with Gasteiger partial charge >= 0.3 is 0 Å². The molecule has 0 fully saturated rings. The first-order valence-electron chi connectivity index (χ1n) is 14.5. The van der Waals surface area contributed by atoms with Crippen molar-refractivity contribution in [3.8, 4) is 34.5 Å². The average Bonchev–Trinajstić information content (AvgIpc) is 3.20. The van der Waals surface area contributed by atoms with E-state index in [0.29, 0.717) is 0 Å². The molecule has 0 atom stereocenters. The van der Waals surface area contributed by atoms with Crippen LogP contribution in [0.4, 0.5) is 0 Å². The molecule has 0 heterocycles. The molecule has 0 aliphatic heterocycles. The third kappa shape index (κ3) is 4.97. The van der Waals surface area contributed by atoms with Gasteiger partial charge in [-0.2, -0.15) is 0 Å². The van der Waals surface area contributed by atoms with Crippen LogP contribution in [0.25, 0.3) is 0 Å². The average molecular weight is 603 g/mol. The summed E-state index contributed by atoms with van der Waals surface area (Å²) in [6.07, 6.45) is 0. The van der Waals surface area contributed by atoms with E-state index in [1.807, 2.05) is 18.2 Å². The molecule has 7 heteroatoms. The second kappa shape index (κ2) is 12.4. The molecule has 0 bridgehead atoms. The molecular weight excluding hydrogens is 556 g/mol. The molecule has 230 valence electrons. The number of aryl methyl sites for hydroxylation is 3. The van der Waals surface area contributed by atoms with Crippen molar-refractivity contribution < 1.29 is 28.4 Å². The third-order valence-electron chi connectivity index (χ3n) is 9.41. The summed E-state index contributed by atoms with van der Waals surface area (Å²) in [5.74, 6) is 4.58. The van der Waals surface area contributed by atoms with Crippen molar-refractivity contribution in [2.24, 2.45) is 0 Å². The van der Waals surface area contributed by atoms with E-state index < -0.39 is 8.07 Å². The maximum atomic E-state index is 6.31. The van der Waals surface area contributed by atoms with Crippen LogP contribution in [0.15, 0.2) is 58.7 Å². The number of methoxy groups -OCH3 is 6. The molecule has 0 radical (unpaired) electrons. The fraction of sp³-hybridized carbons (Fsp3) is 0.389. The van der Waals surface area contributed by atoms with Crippen molar-refractivity contribution in [2.45, 2.75) is 54.0 Å². The highest BCUT2D eigenvalue weighted by Gasteiger charge is 2.56. The van der Waals surface area contributed by atoms with E-state index in [0.717, 1.165) is 66.7 Å². The molecule has 43 heavy (non-hydrogen) atoms. The normalized spacial score (nSPS) is 13.9. The molecule has 0 spiro atoms. The van der Waals surface area contributed by atoms with Crippen molar-refractivity contribution in [3.05, 3.63) is 75.4 Å². The van der Waals surface area contributed by atoms with E-state index >= 15 is 0 Å². The lowest BCUT2D eigenvalue weighted by molar-refractivity contribution is 0.394. The maximum absolute atomic E-state index is 6.31. The third-order valence-corrected chi connectivity index (χ3v) is 15.4. The van der Waals surface area contributed by atoms with E-state index in [1.165, 1.54) is 22.3 Å². The Bertz CT molecular complexity index is 1440. The van der Waals surface area contributed by atoms with Crippen LogP contribution < -0.4 is 44.0 Å². The minimum atomic E-state index is -3.30. The highest BCUT2D eigenvalue weighted by atomic mass is 28.3. The maximum Gasteiger partial charge on any atom is 0.174 e. The Morgan fingerprint density at radius 2 is 0.698 bits per heavy atom. The van der Waals surface area contributed by atoms with Gasteiger partial charge in [0.2, 0.25) is 0 Å². The summed E-state index contributed by atoms with van der Waals surface area (Å²) in [5, 5.41) is 3.46. The number of allylic oxidation sites excluding steroid dienone is 4. The van der Waals surface area contributed by atoms with Crippen molar-refractivity contribution >= 4 is 23.6 Å². The number of benzene rings is 3. The van der Waals surface area contributed by atoms with Gasteiger partial charge in [-0.05, 0) is 110 Å². The Kier molecular flexibility index (Phi) is 9.26. The van der Waals surface area contributed by atoms with Gasteiger partial charge in [-0.25, -0.2) is 0 Å². The highest BCUT2D eigenvalue weighted by Crippen LogP contribution is 2.50. The van der Waals surface area contributed by atoms with Crippen molar-refractivity contribution in [1.82, 2.24) is 0 Å². The summed E-state index contributed by atoms with van der Waals surface area (Å²) < 4.78 is 36.2. The standard InChI is InChI=1S/C36H46O6Si/c1-20-14-27(37-8)17-30(40-11)33(20)43(36-25(6)23(4)24(5)26(36)7,34-21(2)15-28(38-9)18-31(34)41-12)35-22(3)16-29(39-10)19-32(35)42-13/h14-19,36H,1-13H3. The van der Waals surface area contributed by atoms with Gasteiger partial charge in [0.05, 0.1) is 42.7 Å². The van der Waals surface area contributed by atoms with Crippen LogP contribution in [0.3, 0.4) is 0 Å². The Balaban J connectivity index is 2.46. The largest absolute Gasteiger partial charge is 0.497 e. The smallest absolute Gasteiger partial charge is 0.174 e. The molecule has 1 aliphatic rings. The predicted octanol–water partition coefficient (Wildman–Crippen LogP) is 6.19. The van der Waals surface area contributed by atoms with Gasteiger partial charge in [0, 0.05) is 23.7 Å². The molecule has 0 amide bonds. The van der Waals surface area contributed by atoms with Gasteiger partial charge < -0.3 is 28.4 Å². The summed E-state index contributed by atoms with van der Waals surface area (Å²) in [7, 11) is 6.99. The quantitative estimate of drug-likeness (QED) is 0.204.